The minimum Gasteiger partial charge on any atom is -0.388 e. The van der Waals surface area contributed by atoms with Gasteiger partial charge in [0.25, 0.3) is 0 Å². The number of aliphatic hydroxyl groups excluding tert-OH is 1. The Morgan fingerprint density at radius 3 is 2.35 bits per heavy atom. The van der Waals surface area contributed by atoms with Crippen LogP contribution in [0.2, 0.25) is 0 Å². The van der Waals surface area contributed by atoms with Crippen molar-refractivity contribution >= 4 is 27.7 Å². The molecule has 1 atom stereocenters. The molecule has 0 saturated carbocycles. The molecular formula is C14H13BrOS. The lowest BCUT2D eigenvalue weighted by Crippen LogP contribution is -1.99. The summed E-state index contributed by atoms with van der Waals surface area (Å²) in [6, 6.07) is 17.8. The van der Waals surface area contributed by atoms with Crippen LogP contribution >= 0.6 is 27.7 Å². The largest absolute Gasteiger partial charge is 0.388 e. The molecule has 0 aliphatic rings. The van der Waals surface area contributed by atoms with Gasteiger partial charge in [0.2, 0.25) is 0 Å². The molecule has 0 aliphatic carbocycles. The van der Waals surface area contributed by atoms with E-state index in [1.165, 1.54) is 0 Å². The second-order valence-electron chi connectivity index (χ2n) is 3.67. The molecule has 1 unspecified atom stereocenters. The number of hydrogen-bond donors (Lipinski definition) is 1. The normalized spacial score (nSPS) is 12.4. The fourth-order valence-corrected chi connectivity index (χ4v) is 3.04. The van der Waals surface area contributed by atoms with Gasteiger partial charge in [-0.3, -0.25) is 0 Å². The highest BCUT2D eigenvalue weighted by Gasteiger charge is 2.08. The highest BCUT2D eigenvalue weighted by atomic mass is 79.9. The van der Waals surface area contributed by atoms with E-state index < -0.39 is 6.10 Å². The molecule has 3 heteroatoms. The summed E-state index contributed by atoms with van der Waals surface area (Å²) >= 11 is 5.15. The van der Waals surface area contributed by atoms with Crippen molar-refractivity contribution in [3.63, 3.8) is 0 Å². The van der Waals surface area contributed by atoms with Gasteiger partial charge in [0.15, 0.2) is 0 Å². The van der Waals surface area contributed by atoms with Gasteiger partial charge < -0.3 is 5.11 Å². The zero-order valence-corrected chi connectivity index (χ0v) is 11.6. The third-order valence-electron chi connectivity index (χ3n) is 2.42. The molecular weight excluding hydrogens is 296 g/mol. The second-order valence-corrected chi connectivity index (χ2v) is 5.58. The van der Waals surface area contributed by atoms with Crippen LogP contribution in [-0.2, 0) is 0 Å². The van der Waals surface area contributed by atoms with Crippen LogP contribution in [0.4, 0.5) is 0 Å². The van der Waals surface area contributed by atoms with Crippen LogP contribution in [0.25, 0.3) is 0 Å². The van der Waals surface area contributed by atoms with E-state index in [-0.39, 0.29) is 0 Å². The van der Waals surface area contributed by atoms with E-state index in [9.17, 15) is 5.11 Å². The van der Waals surface area contributed by atoms with Gasteiger partial charge in [0.1, 0.15) is 0 Å². The monoisotopic (exact) mass is 308 g/mol. The molecule has 1 nitrogen and oxygen atoms in total. The molecule has 0 aromatic heterocycles. The minimum absolute atomic E-state index is 0.423. The third-order valence-corrected chi connectivity index (χ3v) is 4.52. The summed E-state index contributed by atoms with van der Waals surface area (Å²) < 4.78 is 1.07. The first-order chi connectivity index (χ1) is 8.27. The molecule has 1 N–H and O–H groups in total. The summed E-state index contributed by atoms with van der Waals surface area (Å²) in [7, 11) is 0. The van der Waals surface area contributed by atoms with E-state index in [0.717, 1.165) is 14.9 Å². The van der Waals surface area contributed by atoms with Crippen molar-refractivity contribution in [3.8, 4) is 0 Å². The zero-order valence-electron chi connectivity index (χ0n) is 9.21. The predicted molar refractivity (Wildman–Crippen MR) is 76.3 cm³/mol. The molecule has 0 saturated heterocycles. The van der Waals surface area contributed by atoms with E-state index in [1.807, 2.05) is 54.6 Å². The van der Waals surface area contributed by atoms with Gasteiger partial charge in [-0.2, -0.15) is 0 Å². The summed E-state index contributed by atoms with van der Waals surface area (Å²) in [4.78, 5) is 1.16. The standard InChI is InChI=1S/C14H13BrOS/c15-12-8-4-5-9-14(12)17-10-13(16)11-6-2-1-3-7-11/h1-9,13,16H,10H2. The average molecular weight is 309 g/mol. The van der Waals surface area contributed by atoms with Gasteiger partial charge >= 0.3 is 0 Å². The van der Waals surface area contributed by atoms with Gasteiger partial charge in [-0.15, -0.1) is 11.8 Å². The fourth-order valence-electron chi connectivity index (χ4n) is 1.50. The molecule has 2 rings (SSSR count). The maximum absolute atomic E-state index is 10.0. The topological polar surface area (TPSA) is 20.2 Å². The Balaban J connectivity index is 1.97. The number of thioether (sulfide) groups is 1. The van der Waals surface area contributed by atoms with Gasteiger partial charge in [-0.25, -0.2) is 0 Å². The zero-order chi connectivity index (χ0) is 12.1. The van der Waals surface area contributed by atoms with Crippen molar-refractivity contribution in [1.29, 1.82) is 0 Å². The minimum atomic E-state index is -0.423. The van der Waals surface area contributed by atoms with Crippen LogP contribution in [0, 0.1) is 0 Å². The van der Waals surface area contributed by atoms with Crippen LogP contribution < -0.4 is 0 Å². The first-order valence-corrected chi connectivity index (χ1v) is 7.15. The summed E-state index contributed by atoms with van der Waals surface area (Å²) in [5, 5.41) is 10.0. The van der Waals surface area contributed by atoms with E-state index in [4.69, 9.17) is 0 Å². The van der Waals surface area contributed by atoms with Gasteiger partial charge in [0, 0.05) is 15.1 Å². The maximum atomic E-state index is 10.0. The van der Waals surface area contributed by atoms with E-state index >= 15 is 0 Å². The molecule has 17 heavy (non-hydrogen) atoms. The van der Waals surface area contributed by atoms with E-state index in [0.29, 0.717) is 5.75 Å². The Morgan fingerprint density at radius 2 is 1.65 bits per heavy atom. The Morgan fingerprint density at radius 1 is 1.00 bits per heavy atom. The first kappa shape index (κ1) is 12.7. The highest BCUT2D eigenvalue weighted by Crippen LogP contribution is 2.30. The van der Waals surface area contributed by atoms with Crippen LogP contribution in [0.5, 0.6) is 0 Å². The molecule has 88 valence electrons. The van der Waals surface area contributed by atoms with Crippen molar-refractivity contribution in [2.75, 3.05) is 5.75 Å². The average Bonchev–Trinajstić information content (AvgIpc) is 2.38. The van der Waals surface area contributed by atoms with Gasteiger partial charge in [0.05, 0.1) is 6.10 Å². The second kappa shape index (κ2) is 6.24. The summed E-state index contributed by atoms with van der Waals surface area (Å²) in [6.45, 7) is 0. The Labute approximate surface area is 114 Å². The Hall–Kier alpha value is -0.770. The first-order valence-electron chi connectivity index (χ1n) is 5.37. The molecule has 0 radical (unpaired) electrons. The van der Waals surface area contributed by atoms with Crippen LogP contribution in [-0.4, -0.2) is 10.9 Å². The Bertz CT molecular complexity index is 473. The molecule has 0 bridgehead atoms. The lowest BCUT2D eigenvalue weighted by Gasteiger charge is -2.11. The lowest BCUT2D eigenvalue weighted by molar-refractivity contribution is 0.204. The lowest BCUT2D eigenvalue weighted by atomic mass is 10.1. The number of halogens is 1. The fraction of sp³-hybridized carbons (Fsp3) is 0.143. The molecule has 2 aromatic rings. The van der Waals surface area contributed by atoms with Crippen LogP contribution in [0.1, 0.15) is 11.7 Å². The highest BCUT2D eigenvalue weighted by molar-refractivity contribution is 9.10. The number of rotatable bonds is 4. The predicted octanol–water partition coefficient (Wildman–Crippen LogP) is 4.27. The van der Waals surface area contributed by atoms with Crippen molar-refractivity contribution in [1.82, 2.24) is 0 Å². The molecule has 0 heterocycles. The Kier molecular flexibility index (Phi) is 4.66. The molecule has 0 amide bonds. The molecule has 0 spiro atoms. The van der Waals surface area contributed by atoms with Crippen molar-refractivity contribution < 1.29 is 5.11 Å². The van der Waals surface area contributed by atoms with Gasteiger partial charge in [-0.05, 0) is 33.6 Å². The maximum Gasteiger partial charge on any atom is 0.0883 e. The molecule has 0 fully saturated rings. The van der Waals surface area contributed by atoms with Crippen LogP contribution in [0.15, 0.2) is 64.0 Å². The third kappa shape index (κ3) is 3.60. The SMILES string of the molecule is OC(CSc1ccccc1Br)c1ccccc1. The van der Waals surface area contributed by atoms with Crippen LogP contribution in [0.3, 0.4) is 0 Å². The van der Waals surface area contributed by atoms with E-state index in [1.54, 1.807) is 11.8 Å². The summed E-state index contributed by atoms with van der Waals surface area (Å²) in [5.41, 5.74) is 0.965. The van der Waals surface area contributed by atoms with Crippen molar-refractivity contribution in [2.24, 2.45) is 0 Å². The van der Waals surface area contributed by atoms with Crippen molar-refractivity contribution in [2.45, 2.75) is 11.0 Å². The number of benzene rings is 2. The quantitative estimate of drug-likeness (QED) is 0.851. The summed E-state index contributed by atoms with van der Waals surface area (Å²) in [6.07, 6.45) is -0.423. The smallest absolute Gasteiger partial charge is 0.0883 e. The van der Waals surface area contributed by atoms with Crippen molar-refractivity contribution in [3.05, 3.63) is 64.6 Å². The molecule has 2 aromatic carbocycles. The van der Waals surface area contributed by atoms with E-state index in [2.05, 4.69) is 15.9 Å². The number of hydrogen-bond acceptors (Lipinski definition) is 2. The van der Waals surface area contributed by atoms with Gasteiger partial charge in [-0.1, -0.05) is 42.5 Å². The number of aliphatic hydroxyl groups is 1. The summed E-state index contributed by atoms with van der Waals surface area (Å²) in [5.74, 6) is 0.659. The molecule has 0 aliphatic heterocycles.